The first-order valence-corrected chi connectivity index (χ1v) is 7.47. The summed E-state index contributed by atoms with van der Waals surface area (Å²) >= 11 is 0. The molecular formula is C18H22N2O. The van der Waals surface area contributed by atoms with E-state index < -0.39 is 0 Å². The average Bonchev–Trinajstić information content (AvgIpc) is 2.55. The molecule has 3 heteroatoms. The third-order valence-corrected chi connectivity index (χ3v) is 4.09. The Bertz CT molecular complexity index is 585. The van der Waals surface area contributed by atoms with Crippen LogP contribution in [0.15, 0.2) is 54.6 Å². The van der Waals surface area contributed by atoms with Crippen molar-refractivity contribution in [2.75, 3.05) is 25.1 Å². The molecule has 1 aliphatic heterocycles. The zero-order valence-corrected chi connectivity index (χ0v) is 12.6. The lowest BCUT2D eigenvalue weighted by Crippen LogP contribution is -2.51. The molecule has 0 radical (unpaired) electrons. The van der Waals surface area contributed by atoms with E-state index in [0.717, 1.165) is 18.8 Å². The SMILES string of the molecule is COc1ccccc1N1CC(C)NCC1c1ccccc1. The van der Waals surface area contributed by atoms with Gasteiger partial charge in [-0.05, 0) is 24.6 Å². The number of hydrogen-bond acceptors (Lipinski definition) is 3. The standard InChI is InChI=1S/C18H22N2O/c1-14-13-20(16-10-6-7-11-18(16)21-2)17(12-19-14)15-8-4-3-5-9-15/h3-11,14,17,19H,12-13H2,1-2H3. The van der Waals surface area contributed by atoms with Gasteiger partial charge in [0.2, 0.25) is 0 Å². The molecule has 21 heavy (non-hydrogen) atoms. The molecule has 1 fully saturated rings. The average molecular weight is 282 g/mol. The van der Waals surface area contributed by atoms with Crippen LogP contribution in [0, 0.1) is 0 Å². The number of nitrogens with zero attached hydrogens (tertiary/aromatic N) is 1. The number of rotatable bonds is 3. The van der Waals surface area contributed by atoms with Gasteiger partial charge in [0.05, 0.1) is 18.8 Å². The highest BCUT2D eigenvalue weighted by Crippen LogP contribution is 2.35. The third kappa shape index (κ3) is 2.88. The Hall–Kier alpha value is -2.00. The lowest BCUT2D eigenvalue weighted by atomic mass is 10.0. The molecular weight excluding hydrogens is 260 g/mol. The van der Waals surface area contributed by atoms with E-state index in [0.29, 0.717) is 12.1 Å². The topological polar surface area (TPSA) is 24.5 Å². The second kappa shape index (κ2) is 6.19. The van der Waals surface area contributed by atoms with Gasteiger partial charge in [-0.15, -0.1) is 0 Å². The quantitative estimate of drug-likeness (QED) is 0.935. The number of benzene rings is 2. The maximum absolute atomic E-state index is 5.56. The van der Waals surface area contributed by atoms with Gasteiger partial charge in [0, 0.05) is 19.1 Å². The largest absolute Gasteiger partial charge is 0.495 e. The van der Waals surface area contributed by atoms with Gasteiger partial charge in [0.15, 0.2) is 0 Å². The van der Waals surface area contributed by atoms with E-state index in [1.54, 1.807) is 7.11 Å². The number of para-hydroxylation sites is 2. The van der Waals surface area contributed by atoms with Gasteiger partial charge in [-0.3, -0.25) is 0 Å². The fourth-order valence-corrected chi connectivity index (χ4v) is 3.02. The smallest absolute Gasteiger partial charge is 0.142 e. The number of ether oxygens (including phenoxy) is 1. The first-order chi connectivity index (χ1) is 10.3. The molecule has 0 amide bonds. The molecule has 0 spiro atoms. The Labute approximate surface area is 126 Å². The second-order valence-electron chi connectivity index (χ2n) is 5.56. The van der Waals surface area contributed by atoms with Crippen molar-refractivity contribution >= 4 is 5.69 Å². The number of piperazine rings is 1. The fourth-order valence-electron chi connectivity index (χ4n) is 3.02. The van der Waals surface area contributed by atoms with Crippen LogP contribution in [0.3, 0.4) is 0 Å². The van der Waals surface area contributed by atoms with E-state index in [-0.39, 0.29) is 0 Å². The zero-order chi connectivity index (χ0) is 14.7. The molecule has 0 bridgehead atoms. The molecule has 2 aromatic rings. The number of methoxy groups -OCH3 is 1. The molecule has 1 heterocycles. The van der Waals surface area contributed by atoms with Gasteiger partial charge in [0.25, 0.3) is 0 Å². The third-order valence-electron chi connectivity index (χ3n) is 4.09. The van der Waals surface area contributed by atoms with Crippen molar-refractivity contribution in [3.8, 4) is 5.75 Å². The van der Waals surface area contributed by atoms with Crippen LogP contribution < -0.4 is 15.0 Å². The number of anilines is 1. The Morgan fingerprint density at radius 1 is 1.05 bits per heavy atom. The summed E-state index contributed by atoms with van der Waals surface area (Å²) in [5.41, 5.74) is 2.50. The van der Waals surface area contributed by atoms with E-state index >= 15 is 0 Å². The number of hydrogen-bond donors (Lipinski definition) is 1. The lowest BCUT2D eigenvalue weighted by molar-refractivity contribution is 0.392. The van der Waals surface area contributed by atoms with E-state index in [4.69, 9.17) is 4.74 Å². The summed E-state index contributed by atoms with van der Waals surface area (Å²) in [6.45, 7) is 4.15. The summed E-state index contributed by atoms with van der Waals surface area (Å²) in [4.78, 5) is 2.45. The van der Waals surface area contributed by atoms with Crippen molar-refractivity contribution in [1.29, 1.82) is 0 Å². The van der Waals surface area contributed by atoms with E-state index in [9.17, 15) is 0 Å². The predicted molar refractivity (Wildman–Crippen MR) is 87.0 cm³/mol. The Balaban J connectivity index is 1.99. The van der Waals surface area contributed by atoms with Gasteiger partial charge in [-0.2, -0.15) is 0 Å². The van der Waals surface area contributed by atoms with Crippen LogP contribution >= 0.6 is 0 Å². The van der Waals surface area contributed by atoms with Crippen LogP contribution in [0.5, 0.6) is 5.75 Å². The summed E-state index contributed by atoms with van der Waals surface area (Å²) in [5, 5.41) is 3.59. The van der Waals surface area contributed by atoms with Crippen LogP contribution in [0.2, 0.25) is 0 Å². The van der Waals surface area contributed by atoms with Crippen molar-refractivity contribution in [2.24, 2.45) is 0 Å². The molecule has 2 aromatic carbocycles. The second-order valence-corrected chi connectivity index (χ2v) is 5.56. The Morgan fingerprint density at radius 2 is 1.76 bits per heavy atom. The highest BCUT2D eigenvalue weighted by Gasteiger charge is 2.28. The van der Waals surface area contributed by atoms with E-state index in [1.807, 2.05) is 12.1 Å². The van der Waals surface area contributed by atoms with Crippen LogP contribution in [-0.2, 0) is 0 Å². The summed E-state index contributed by atoms with van der Waals surface area (Å²) < 4.78 is 5.56. The van der Waals surface area contributed by atoms with Crippen molar-refractivity contribution in [1.82, 2.24) is 5.32 Å². The Morgan fingerprint density at radius 3 is 2.52 bits per heavy atom. The molecule has 3 nitrogen and oxygen atoms in total. The van der Waals surface area contributed by atoms with Crippen molar-refractivity contribution in [2.45, 2.75) is 19.0 Å². The molecule has 110 valence electrons. The predicted octanol–water partition coefficient (Wildman–Crippen LogP) is 3.23. The highest BCUT2D eigenvalue weighted by molar-refractivity contribution is 5.60. The fraction of sp³-hybridized carbons (Fsp3) is 0.333. The lowest BCUT2D eigenvalue weighted by Gasteiger charge is -2.41. The molecule has 0 saturated carbocycles. The van der Waals surface area contributed by atoms with E-state index in [1.165, 1.54) is 11.3 Å². The zero-order valence-electron chi connectivity index (χ0n) is 12.6. The van der Waals surface area contributed by atoms with Gasteiger partial charge < -0.3 is 15.0 Å². The van der Waals surface area contributed by atoms with Crippen LogP contribution in [0.4, 0.5) is 5.69 Å². The minimum Gasteiger partial charge on any atom is -0.495 e. The molecule has 1 N–H and O–H groups in total. The first-order valence-electron chi connectivity index (χ1n) is 7.47. The van der Waals surface area contributed by atoms with Gasteiger partial charge >= 0.3 is 0 Å². The maximum atomic E-state index is 5.56. The van der Waals surface area contributed by atoms with Gasteiger partial charge in [-0.1, -0.05) is 42.5 Å². The van der Waals surface area contributed by atoms with Crippen LogP contribution in [0.25, 0.3) is 0 Å². The molecule has 0 aromatic heterocycles. The maximum Gasteiger partial charge on any atom is 0.142 e. The minimum atomic E-state index is 0.332. The van der Waals surface area contributed by atoms with Gasteiger partial charge in [0.1, 0.15) is 5.75 Å². The molecule has 0 aliphatic carbocycles. The molecule has 1 saturated heterocycles. The normalized spacial score (nSPS) is 22.1. The Kier molecular flexibility index (Phi) is 4.11. The molecule has 3 rings (SSSR count). The van der Waals surface area contributed by atoms with Crippen molar-refractivity contribution in [3.05, 3.63) is 60.2 Å². The minimum absolute atomic E-state index is 0.332. The summed E-state index contributed by atoms with van der Waals surface area (Å²) in [7, 11) is 1.74. The summed E-state index contributed by atoms with van der Waals surface area (Å²) in [5.74, 6) is 0.938. The van der Waals surface area contributed by atoms with Crippen molar-refractivity contribution < 1.29 is 4.74 Å². The van der Waals surface area contributed by atoms with Gasteiger partial charge in [-0.25, -0.2) is 0 Å². The van der Waals surface area contributed by atoms with Crippen LogP contribution in [-0.4, -0.2) is 26.2 Å². The molecule has 2 unspecified atom stereocenters. The summed E-state index contributed by atoms with van der Waals surface area (Å²) in [6.07, 6.45) is 0. The molecule has 1 aliphatic rings. The molecule has 2 atom stereocenters. The highest BCUT2D eigenvalue weighted by atomic mass is 16.5. The summed E-state index contributed by atoms with van der Waals surface area (Å²) in [6, 6.07) is 19.7. The van der Waals surface area contributed by atoms with E-state index in [2.05, 4.69) is 59.6 Å². The number of nitrogens with one attached hydrogen (secondary N) is 1. The van der Waals surface area contributed by atoms with Crippen molar-refractivity contribution in [3.63, 3.8) is 0 Å². The first kappa shape index (κ1) is 14.0. The van der Waals surface area contributed by atoms with Crippen LogP contribution in [0.1, 0.15) is 18.5 Å². The monoisotopic (exact) mass is 282 g/mol.